The standard InChI is InChI=1S/C17H22O3/c1-19-16-11-6-9-14-13(8-5-10-15(14)16)7-3-4-12-17(18)20-2/h6-7,9,11H,3-5,8,10,12H2,1-2H3. The highest BCUT2D eigenvalue weighted by Gasteiger charge is 2.17. The highest BCUT2D eigenvalue weighted by molar-refractivity contribution is 5.72. The van der Waals surface area contributed by atoms with Gasteiger partial charge >= 0.3 is 5.97 Å². The number of hydrogen-bond acceptors (Lipinski definition) is 3. The van der Waals surface area contributed by atoms with E-state index in [0.717, 1.165) is 37.9 Å². The molecule has 0 heterocycles. The molecule has 0 aromatic heterocycles. The summed E-state index contributed by atoms with van der Waals surface area (Å²) in [6, 6.07) is 6.24. The maximum Gasteiger partial charge on any atom is 0.305 e. The second-order valence-electron chi connectivity index (χ2n) is 5.04. The van der Waals surface area contributed by atoms with E-state index in [9.17, 15) is 4.79 Å². The molecule has 0 unspecified atom stereocenters. The lowest BCUT2D eigenvalue weighted by Crippen LogP contribution is -2.04. The predicted molar refractivity (Wildman–Crippen MR) is 79.8 cm³/mol. The van der Waals surface area contributed by atoms with E-state index in [1.54, 1.807) is 7.11 Å². The summed E-state index contributed by atoms with van der Waals surface area (Å²) >= 11 is 0. The Morgan fingerprint density at radius 3 is 2.90 bits per heavy atom. The fourth-order valence-corrected chi connectivity index (χ4v) is 2.74. The molecular weight excluding hydrogens is 252 g/mol. The number of rotatable bonds is 5. The van der Waals surface area contributed by atoms with Gasteiger partial charge in [0.2, 0.25) is 0 Å². The first-order valence-electron chi connectivity index (χ1n) is 7.18. The van der Waals surface area contributed by atoms with Crippen molar-refractivity contribution in [2.75, 3.05) is 14.2 Å². The van der Waals surface area contributed by atoms with Crippen molar-refractivity contribution in [2.24, 2.45) is 0 Å². The van der Waals surface area contributed by atoms with Gasteiger partial charge in [-0.1, -0.05) is 18.2 Å². The van der Waals surface area contributed by atoms with Gasteiger partial charge in [-0.3, -0.25) is 4.79 Å². The van der Waals surface area contributed by atoms with Crippen molar-refractivity contribution in [3.8, 4) is 5.75 Å². The van der Waals surface area contributed by atoms with E-state index >= 15 is 0 Å². The molecule has 2 rings (SSSR count). The van der Waals surface area contributed by atoms with E-state index in [4.69, 9.17) is 4.74 Å². The van der Waals surface area contributed by atoms with Crippen LogP contribution in [0.4, 0.5) is 0 Å². The Hall–Kier alpha value is -1.77. The zero-order chi connectivity index (χ0) is 14.4. The van der Waals surface area contributed by atoms with Crippen LogP contribution in [0.1, 0.15) is 43.2 Å². The third-order valence-electron chi connectivity index (χ3n) is 3.78. The lowest BCUT2D eigenvalue weighted by atomic mass is 9.86. The van der Waals surface area contributed by atoms with Gasteiger partial charge in [0.1, 0.15) is 5.75 Å². The average Bonchev–Trinajstić information content (AvgIpc) is 2.50. The molecule has 0 saturated heterocycles. The van der Waals surface area contributed by atoms with E-state index in [-0.39, 0.29) is 5.97 Å². The molecule has 0 atom stereocenters. The maximum absolute atomic E-state index is 11.1. The normalized spacial score (nSPS) is 15.8. The van der Waals surface area contributed by atoms with Gasteiger partial charge in [0.05, 0.1) is 14.2 Å². The van der Waals surface area contributed by atoms with Crippen LogP contribution in [-0.4, -0.2) is 20.2 Å². The SMILES string of the molecule is COC(=O)CCCC=C1CCCc2c(OC)cccc21. The Labute approximate surface area is 120 Å². The van der Waals surface area contributed by atoms with Crippen LogP contribution in [0.15, 0.2) is 24.3 Å². The molecule has 0 saturated carbocycles. The number of esters is 1. The van der Waals surface area contributed by atoms with Gasteiger partial charge < -0.3 is 9.47 Å². The number of benzene rings is 1. The third kappa shape index (κ3) is 3.41. The quantitative estimate of drug-likeness (QED) is 0.606. The van der Waals surface area contributed by atoms with Crippen LogP contribution < -0.4 is 4.74 Å². The Bertz CT molecular complexity index is 503. The van der Waals surface area contributed by atoms with Crippen molar-refractivity contribution in [2.45, 2.75) is 38.5 Å². The second kappa shape index (κ2) is 7.13. The van der Waals surface area contributed by atoms with Crippen molar-refractivity contribution >= 4 is 11.5 Å². The van der Waals surface area contributed by atoms with E-state index in [1.165, 1.54) is 23.8 Å². The molecule has 1 aliphatic rings. The molecule has 0 fully saturated rings. The monoisotopic (exact) mass is 274 g/mol. The summed E-state index contributed by atoms with van der Waals surface area (Å²) in [4.78, 5) is 11.1. The Morgan fingerprint density at radius 1 is 1.30 bits per heavy atom. The Balaban J connectivity index is 2.06. The summed E-state index contributed by atoms with van der Waals surface area (Å²) in [5.74, 6) is 0.858. The van der Waals surface area contributed by atoms with Crippen molar-refractivity contribution < 1.29 is 14.3 Å². The second-order valence-corrected chi connectivity index (χ2v) is 5.04. The Morgan fingerprint density at radius 2 is 2.15 bits per heavy atom. The van der Waals surface area contributed by atoms with Crippen LogP contribution >= 0.6 is 0 Å². The van der Waals surface area contributed by atoms with Gasteiger partial charge in [-0.05, 0) is 49.3 Å². The van der Waals surface area contributed by atoms with Crippen LogP contribution in [-0.2, 0) is 16.0 Å². The van der Waals surface area contributed by atoms with Crippen LogP contribution in [0, 0.1) is 0 Å². The summed E-state index contributed by atoms with van der Waals surface area (Å²) in [7, 11) is 3.16. The summed E-state index contributed by atoms with van der Waals surface area (Å²) < 4.78 is 10.1. The van der Waals surface area contributed by atoms with Crippen LogP contribution in [0.3, 0.4) is 0 Å². The van der Waals surface area contributed by atoms with Gasteiger partial charge in [0.15, 0.2) is 0 Å². The molecule has 108 valence electrons. The number of unbranched alkanes of at least 4 members (excludes halogenated alkanes) is 1. The minimum absolute atomic E-state index is 0.130. The van der Waals surface area contributed by atoms with E-state index in [2.05, 4.69) is 16.9 Å². The van der Waals surface area contributed by atoms with Crippen molar-refractivity contribution in [1.82, 2.24) is 0 Å². The van der Waals surface area contributed by atoms with E-state index < -0.39 is 0 Å². The van der Waals surface area contributed by atoms with Gasteiger partial charge in [-0.15, -0.1) is 0 Å². The molecule has 0 spiro atoms. The molecule has 1 aromatic rings. The number of carbonyl (C=O) groups excluding carboxylic acids is 1. The molecule has 0 radical (unpaired) electrons. The van der Waals surface area contributed by atoms with Crippen molar-refractivity contribution in [1.29, 1.82) is 0 Å². The molecule has 0 bridgehead atoms. The van der Waals surface area contributed by atoms with Crippen LogP contribution in [0.5, 0.6) is 5.75 Å². The summed E-state index contributed by atoms with van der Waals surface area (Å²) in [6.07, 6.45) is 7.87. The fourth-order valence-electron chi connectivity index (χ4n) is 2.74. The summed E-state index contributed by atoms with van der Waals surface area (Å²) in [5, 5.41) is 0. The molecule has 3 nitrogen and oxygen atoms in total. The van der Waals surface area contributed by atoms with Gasteiger partial charge in [-0.2, -0.15) is 0 Å². The number of ether oxygens (including phenoxy) is 2. The minimum Gasteiger partial charge on any atom is -0.496 e. The first-order valence-corrected chi connectivity index (χ1v) is 7.18. The van der Waals surface area contributed by atoms with Crippen molar-refractivity contribution in [3.05, 3.63) is 35.4 Å². The summed E-state index contributed by atoms with van der Waals surface area (Å²) in [5.41, 5.74) is 4.02. The first-order chi connectivity index (χ1) is 9.76. The van der Waals surface area contributed by atoms with Crippen LogP contribution in [0.2, 0.25) is 0 Å². The lowest BCUT2D eigenvalue weighted by molar-refractivity contribution is -0.140. The molecule has 0 aliphatic heterocycles. The van der Waals surface area contributed by atoms with E-state index in [0.29, 0.717) is 6.42 Å². The molecule has 0 N–H and O–H groups in total. The maximum atomic E-state index is 11.1. The molecule has 1 aliphatic carbocycles. The Kier molecular flexibility index (Phi) is 5.22. The average molecular weight is 274 g/mol. The third-order valence-corrected chi connectivity index (χ3v) is 3.78. The molecular formula is C17H22O3. The van der Waals surface area contributed by atoms with Gasteiger partial charge in [-0.25, -0.2) is 0 Å². The van der Waals surface area contributed by atoms with Crippen LogP contribution in [0.25, 0.3) is 5.57 Å². The predicted octanol–water partition coefficient (Wildman–Crippen LogP) is 3.76. The highest BCUT2D eigenvalue weighted by Crippen LogP contribution is 2.36. The van der Waals surface area contributed by atoms with Gasteiger partial charge in [0, 0.05) is 12.0 Å². The zero-order valence-electron chi connectivity index (χ0n) is 12.3. The number of allylic oxidation sites excluding steroid dienone is 2. The smallest absolute Gasteiger partial charge is 0.305 e. The fraction of sp³-hybridized carbons (Fsp3) is 0.471. The minimum atomic E-state index is -0.130. The topological polar surface area (TPSA) is 35.5 Å². The molecule has 3 heteroatoms. The van der Waals surface area contributed by atoms with Gasteiger partial charge in [0.25, 0.3) is 0 Å². The molecule has 1 aromatic carbocycles. The summed E-state index contributed by atoms with van der Waals surface area (Å²) in [6.45, 7) is 0. The largest absolute Gasteiger partial charge is 0.496 e. The molecule has 20 heavy (non-hydrogen) atoms. The first kappa shape index (κ1) is 14.6. The lowest BCUT2D eigenvalue weighted by Gasteiger charge is -2.21. The number of methoxy groups -OCH3 is 2. The number of hydrogen-bond donors (Lipinski definition) is 0. The highest BCUT2D eigenvalue weighted by atomic mass is 16.5. The molecule has 0 amide bonds. The van der Waals surface area contributed by atoms with E-state index in [1.807, 2.05) is 12.1 Å². The zero-order valence-corrected chi connectivity index (χ0v) is 12.3. The number of fused-ring (bicyclic) bond motifs is 1. The van der Waals surface area contributed by atoms with Crippen molar-refractivity contribution in [3.63, 3.8) is 0 Å². The number of carbonyl (C=O) groups is 1.